The summed E-state index contributed by atoms with van der Waals surface area (Å²) in [5.74, 6) is 0.0700. The van der Waals surface area contributed by atoms with E-state index in [0.717, 1.165) is 31.3 Å². The maximum atomic E-state index is 13.0. The van der Waals surface area contributed by atoms with Crippen LogP contribution in [0.4, 0.5) is 0 Å². The van der Waals surface area contributed by atoms with Crippen molar-refractivity contribution in [3.63, 3.8) is 0 Å². The molecule has 0 heterocycles. The lowest BCUT2D eigenvalue weighted by molar-refractivity contribution is -0.136. The average molecular weight is 314 g/mol. The number of aliphatic hydroxyl groups excluding tert-OH is 1. The standard InChI is InChI=1S/C20H26O3/c1-11-12-10-20(17(11)23)8-5-14-18(2,3)7-6-16(22)19(14,4)15(20)9-13(12)21/h9,12,14,16,22H,1,5-8,10H2,2-4H3/t12-,14-,16+,19-,20-/m1/s1. The molecule has 23 heavy (non-hydrogen) atoms. The summed E-state index contributed by atoms with van der Waals surface area (Å²) in [7, 11) is 0. The van der Waals surface area contributed by atoms with Crippen LogP contribution in [0, 0.1) is 28.1 Å². The third-order valence-electron chi connectivity index (χ3n) is 7.71. The van der Waals surface area contributed by atoms with Gasteiger partial charge < -0.3 is 5.11 Å². The van der Waals surface area contributed by atoms with E-state index in [1.807, 2.05) is 0 Å². The van der Waals surface area contributed by atoms with Gasteiger partial charge in [-0.05, 0) is 60.7 Å². The average Bonchev–Trinajstić information content (AvgIpc) is 2.70. The van der Waals surface area contributed by atoms with E-state index in [2.05, 4.69) is 27.4 Å². The van der Waals surface area contributed by atoms with E-state index in [0.29, 0.717) is 17.9 Å². The van der Waals surface area contributed by atoms with Gasteiger partial charge in [0.1, 0.15) is 0 Å². The molecular formula is C20H26O3. The number of carbonyl (C=O) groups excluding carboxylic acids is 2. The number of rotatable bonds is 0. The third kappa shape index (κ3) is 1.60. The summed E-state index contributed by atoms with van der Waals surface area (Å²) < 4.78 is 0. The Balaban J connectivity index is 1.93. The fourth-order valence-electron chi connectivity index (χ4n) is 6.41. The van der Waals surface area contributed by atoms with E-state index in [1.165, 1.54) is 0 Å². The van der Waals surface area contributed by atoms with Crippen molar-refractivity contribution < 1.29 is 14.7 Å². The Labute approximate surface area is 137 Å². The van der Waals surface area contributed by atoms with Crippen molar-refractivity contribution in [2.24, 2.45) is 28.1 Å². The Hall–Kier alpha value is -1.22. The number of aliphatic hydroxyl groups is 1. The Kier molecular flexibility index (Phi) is 2.82. The van der Waals surface area contributed by atoms with Gasteiger partial charge in [-0.3, -0.25) is 9.59 Å². The molecule has 0 aromatic rings. The van der Waals surface area contributed by atoms with Crippen molar-refractivity contribution in [1.29, 1.82) is 0 Å². The molecule has 124 valence electrons. The number of carbonyl (C=O) groups is 2. The van der Waals surface area contributed by atoms with Crippen molar-refractivity contribution in [3.05, 3.63) is 23.8 Å². The van der Waals surface area contributed by atoms with E-state index in [4.69, 9.17) is 0 Å². The smallest absolute Gasteiger partial charge is 0.169 e. The van der Waals surface area contributed by atoms with Gasteiger partial charge in [0.25, 0.3) is 0 Å². The van der Waals surface area contributed by atoms with Crippen LogP contribution in [0.2, 0.25) is 0 Å². The summed E-state index contributed by atoms with van der Waals surface area (Å²) >= 11 is 0. The van der Waals surface area contributed by atoms with Gasteiger partial charge >= 0.3 is 0 Å². The molecule has 0 aromatic carbocycles. The summed E-state index contributed by atoms with van der Waals surface area (Å²) in [5.41, 5.74) is 0.505. The van der Waals surface area contributed by atoms with Crippen LogP contribution < -0.4 is 0 Å². The molecule has 5 atom stereocenters. The molecule has 3 heteroatoms. The molecule has 3 nitrogen and oxygen atoms in total. The van der Waals surface area contributed by atoms with Gasteiger partial charge in [-0.25, -0.2) is 0 Å². The predicted octanol–water partition coefficient (Wildman–Crippen LogP) is 3.22. The molecular weight excluding hydrogens is 288 g/mol. The first-order chi connectivity index (χ1) is 10.6. The van der Waals surface area contributed by atoms with Crippen molar-refractivity contribution >= 4 is 11.6 Å². The van der Waals surface area contributed by atoms with Crippen LogP contribution in [0.25, 0.3) is 0 Å². The number of hydrogen-bond donors (Lipinski definition) is 1. The van der Waals surface area contributed by atoms with Crippen LogP contribution in [0.3, 0.4) is 0 Å². The van der Waals surface area contributed by atoms with Gasteiger partial charge in [0.15, 0.2) is 11.6 Å². The maximum Gasteiger partial charge on any atom is 0.169 e. The highest BCUT2D eigenvalue weighted by atomic mass is 16.3. The molecule has 2 bridgehead atoms. The number of hydrogen-bond acceptors (Lipinski definition) is 3. The first-order valence-corrected chi connectivity index (χ1v) is 8.83. The molecule has 4 aliphatic carbocycles. The normalized spacial score (nSPS) is 47.9. The highest BCUT2D eigenvalue weighted by Crippen LogP contribution is 2.68. The maximum absolute atomic E-state index is 13.0. The monoisotopic (exact) mass is 314 g/mol. The largest absolute Gasteiger partial charge is 0.392 e. The topological polar surface area (TPSA) is 54.4 Å². The number of ketones is 2. The second-order valence-corrected chi connectivity index (χ2v) is 9.07. The highest BCUT2D eigenvalue weighted by Gasteiger charge is 2.66. The molecule has 3 saturated carbocycles. The van der Waals surface area contributed by atoms with Crippen molar-refractivity contribution in [2.75, 3.05) is 0 Å². The molecule has 1 N–H and O–H groups in total. The molecule has 1 spiro atoms. The predicted molar refractivity (Wildman–Crippen MR) is 87.6 cm³/mol. The molecule has 0 unspecified atom stereocenters. The van der Waals surface area contributed by atoms with Gasteiger partial charge in [0, 0.05) is 5.41 Å². The minimum absolute atomic E-state index is 0.0175. The minimum Gasteiger partial charge on any atom is -0.392 e. The summed E-state index contributed by atoms with van der Waals surface area (Å²) in [6, 6.07) is 0. The molecule has 0 aromatic heterocycles. The van der Waals surface area contributed by atoms with E-state index >= 15 is 0 Å². The zero-order valence-corrected chi connectivity index (χ0v) is 14.3. The summed E-state index contributed by atoms with van der Waals surface area (Å²) in [6.07, 6.45) is 5.31. The number of allylic oxidation sites excluding steroid dienone is 2. The van der Waals surface area contributed by atoms with Crippen molar-refractivity contribution in [1.82, 2.24) is 0 Å². The van der Waals surface area contributed by atoms with Gasteiger partial charge in [0.05, 0.1) is 17.4 Å². The van der Waals surface area contributed by atoms with Crippen molar-refractivity contribution in [3.8, 4) is 0 Å². The van der Waals surface area contributed by atoms with Crippen LogP contribution in [-0.2, 0) is 9.59 Å². The van der Waals surface area contributed by atoms with Crippen LogP contribution >= 0.6 is 0 Å². The molecule has 0 aliphatic heterocycles. The third-order valence-corrected chi connectivity index (χ3v) is 7.71. The van der Waals surface area contributed by atoms with E-state index < -0.39 is 16.9 Å². The highest BCUT2D eigenvalue weighted by molar-refractivity contribution is 6.15. The quantitative estimate of drug-likeness (QED) is 0.698. The first kappa shape index (κ1) is 15.3. The van der Waals surface area contributed by atoms with Crippen LogP contribution in [0.15, 0.2) is 23.8 Å². The molecule has 3 fully saturated rings. The number of fused-ring (bicyclic) bond motifs is 3. The second-order valence-electron chi connectivity index (χ2n) is 9.07. The van der Waals surface area contributed by atoms with Crippen LogP contribution in [0.5, 0.6) is 0 Å². The first-order valence-electron chi connectivity index (χ1n) is 8.83. The lowest BCUT2D eigenvalue weighted by atomic mass is 9.43. The Bertz CT molecular complexity index is 670. The molecule has 4 aliphatic rings. The van der Waals surface area contributed by atoms with E-state index in [9.17, 15) is 14.7 Å². The van der Waals surface area contributed by atoms with Gasteiger partial charge in [-0.1, -0.05) is 27.4 Å². The summed E-state index contributed by atoms with van der Waals surface area (Å²) in [5, 5.41) is 10.9. The fraction of sp³-hybridized carbons (Fsp3) is 0.700. The van der Waals surface area contributed by atoms with Gasteiger partial charge in [-0.15, -0.1) is 0 Å². The van der Waals surface area contributed by atoms with Crippen LogP contribution in [-0.4, -0.2) is 22.8 Å². The SMILES string of the molecule is C=C1C(=O)[C@@]23CC[C@@H]4C(C)(C)CC[C@H](O)[C@@]4(C)C2=CC(=O)[C@@H]1C3. The zero-order valence-electron chi connectivity index (χ0n) is 14.3. The Morgan fingerprint density at radius 3 is 2.57 bits per heavy atom. The second kappa shape index (κ2) is 4.24. The van der Waals surface area contributed by atoms with Crippen molar-refractivity contribution in [2.45, 2.75) is 59.0 Å². The minimum atomic E-state index is -0.560. The van der Waals surface area contributed by atoms with Crippen LogP contribution in [0.1, 0.15) is 52.9 Å². The summed E-state index contributed by atoms with van der Waals surface area (Å²) in [6.45, 7) is 10.6. The zero-order chi connectivity index (χ0) is 16.8. The summed E-state index contributed by atoms with van der Waals surface area (Å²) in [4.78, 5) is 25.6. The molecule has 4 rings (SSSR count). The lowest BCUT2D eigenvalue weighted by Crippen LogP contribution is -2.58. The van der Waals surface area contributed by atoms with Gasteiger partial charge in [0.2, 0.25) is 0 Å². The Morgan fingerprint density at radius 2 is 1.87 bits per heavy atom. The van der Waals surface area contributed by atoms with E-state index in [-0.39, 0.29) is 22.9 Å². The number of Topliss-reactive ketones (excluding diaryl/α,β-unsaturated/α-hetero) is 1. The Morgan fingerprint density at radius 1 is 1.17 bits per heavy atom. The fourth-order valence-corrected chi connectivity index (χ4v) is 6.41. The lowest BCUT2D eigenvalue weighted by Gasteiger charge is -2.61. The van der Waals surface area contributed by atoms with Gasteiger partial charge in [-0.2, -0.15) is 0 Å². The molecule has 0 amide bonds. The molecule has 0 radical (unpaired) electrons. The molecule has 0 saturated heterocycles. The van der Waals surface area contributed by atoms with E-state index in [1.54, 1.807) is 6.08 Å².